The highest BCUT2D eigenvalue weighted by Gasteiger charge is 2.30. The predicted octanol–water partition coefficient (Wildman–Crippen LogP) is 4.06. The maximum Gasteiger partial charge on any atom is 0.227 e. The molecule has 0 bridgehead atoms. The van der Waals surface area contributed by atoms with Gasteiger partial charge in [-0.3, -0.25) is 19.7 Å². The Kier molecular flexibility index (Phi) is 7.05. The lowest BCUT2D eigenvalue weighted by molar-refractivity contribution is -0.134. The summed E-state index contributed by atoms with van der Waals surface area (Å²) in [5.41, 5.74) is 4.65. The minimum Gasteiger partial charge on any atom is -0.341 e. The van der Waals surface area contributed by atoms with E-state index in [4.69, 9.17) is 0 Å². The Balaban J connectivity index is 1.49. The molecule has 1 atom stereocenters. The average molecular weight is 415 g/mol. The lowest BCUT2D eigenvalue weighted by Gasteiger charge is -2.24. The van der Waals surface area contributed by atoms with E-state index in [9.17, 15) is 4.79 Å². The maximum absolute atomic E-state index is 13.3. The molecule has 0 aliphatic carbocycles. The summed E-state index contributed by atoms with van der Waals surface area (Å²) in [5.74, 6) is 0.252. The minimum absolute atomic E-state index is 0.0324. The standard InChI is InChI=1S/C26H30N4O/c1-2-13-30-15-14-29(19-22-5-3-11-27-17-22)20-25(26(30)31)16-21-7-9-23(10-8-21)24-6-4-12-28-18-24/h3-12,17-18,25H,2,13-16,19-20H2,1H3. The summed E-state index contributed by atoms with van der Waals surface area (Å²) < 4.78 is 0. The Morgan fingerprint density at radius 1 is 0.903 bits per heavy atom. The van der Waals surface area contributed by atoms with Crippen molar-refractivity contribution < 1.29 is 4.79 Å². The van der Waals surface area contributed by atoms with Gasteiger partial charge in [-0.05, 0) is 47.2 Å². The first-order valence-electron chi connectivity index (χ1n) is 11.1. The van der Waals surface area contributed by atoms with Gasteiger partial charge in [-0.1, -0.05) is 43.3 Å². The average Bonchev–Trinajstić information content (AvgIpc) is 2.95. The fourth-order valence-corrected chi connectivity index (χ4v) is 4.30. The third-order valence-corrected chi connectivity index (χ3v) is 5.88. The Morgan fingerprint density at radius 3 is 2.35 bits per heavy atom. The van der Waals surface area contributed by atoms with Gasteiger partial charge in [0.05, 0.1) is 5.92 Å². The monoisotopic (exact) mass is 414 g/mol. The van der Waals surface area contributed by atoms with Crippen molar-refractivity contribution in [3.63, 3.8) is 0 Å². The molecular weight excluding hydrogens is 384 g/mol. The molecule has 1 amide bonds. The molecule has 4 rings (SSSR count). The highest BCUT2D eigenvalue weighted by Crippen LogP contribution is 2.22. The number of aromatic nitrogens is 2. The molecule has 160 valence electrons. The molecule has 1 aliphatic heterocycles. The van der Waals surface area contributed by atoms with E-state index in [1.165, 1.54) is 11.1 Å². The Hall–Kier alpha value is -3.05. The van der Waals surface area contributed by atoms with Crippen LogP contribution in [0.15, 0.2) is 73.3 Å². The van der Waals surface area contributed by atoms with Gasteiger partial charge in [0.2, 0.25) is 5.91 Å². The fourth-order valence-electron chi connectivity index (χ4n) is 4.30. The Morgan fingerprint density at radius 2 is 1.68 bits per heavy atom. The molecule has 1 aromatic carbocycles. The topological polar surface area (TPSA) is 49.3 Å². The van der Waals surface area contributed by atoms with E-state index in [0.29, 0.717) is 0 Å². The van der Waals surface area contributed by atoms with E-state index < -0.39 is 0 Å². The molecule has 1 aliphatic rings. The molecule has 1 saturated heterocycles. The first kappa shape index (κ1) is 21.2. The third kappa shape index (κ3) is 5.56. The molecule has 1 fully saturated rings. The maximum atomic E-state index is 13.3. The summed E-state index contributed by atoms with van der Waals surface area (Å²) in [7, 11) is 0. The summed E-state index contributed by atoms with van der Waals surface area (Å²) in [5, 5.41) is 0. The van der Waals surface area contributed by atoms with Crippen LogP contribution in [0.3, 0.4) is 0 Å². The summed E-state index contributed by atoms with van der Waals surface area (Å²) in [6.45, 7) is 6.27. The van der Waals surface area contributed by atoms with Gasteiger partial charge in [-0.2, -0.15) is 0 Å². The van der Waals surface area contributed by atoms with Crippen molar-refractivity contribution in [1.82, 2.24) is 19.8 Å². The van der Waals surface area contributed by atoms with Crippen LogP contribution in [0.5, 0.6) is 0 Å². The number of amides is 1. The van der Waals surface area contributed by atoms with E-state index in [1.807, 2.05) is 24.5 Å². The molecular formula is C26H30N4O. The number of benzene rings is 1. The molecule has 31 heavy (non-hydrogen) atoms. The number of hydrogen-bond acceptors (Lipinski definition) is 4. The van der Waals surface area contributed by atoms with E-state index in [2.05, 4.69) is 63.1 Å². The number of rotatable bonds is 7. The lowest BCUT2D eigenvalue weighted by Crippen LogP contribution is -2.37. The first-order chi connectivity index (χ1) is 15.2. The molecule has 3 heterocycles. The van der Waals surface area contributed by atoms with E-state index >= 15 is 0 Å². The highest BCUT2D eigenvalue weighted by atomic mass is 16.2. The second kappa shape index (κ2) is 10.3. The zero-order valence-corrected chi connectivity index (χ0v) is 18.2. The van der Waals surface area contributed by atoms with Crippen LogP contribution in [-0.2, 0) is 17.8 Å². The molecule has 0 spiro atoms. The van der Waals surface area contributed by atoms with Crippen molar-refractivity contribution in [2.45, 2.75) is 26.3 Å². The largest absolute Gasteiger partial charge is 0.341 e. The molecule has 5 heteroatoms. The molecule has 0 N–H and O–H groups in total. The zero-order chi connectivity index (χ0) is 21.5. The van der Waals surface area contributed by atoms with Crippen molar-refractivity contribution in [3.8, 4) is 11.1 Å². The second-order valence-electron chi connectivity index (χ2n) is 8.26. The van der Waals surface area contributed by atoms with Crippen LogP contribution in [0.25, 0.3) is 11.1 Å². The predicted molar refractivity (Wildman–Crippen MR) is 123 cm³/mol. The molecule has 1 unspecified atom stereocenters. The highest BCUT2D eigenvalue weighted by molar-refractivity contribution is 5.79. The van der Waals surface area contributed by atoms with Crippen LogP contribution >= 0.6 is 0 Å². The number of pyridine rings is 2. The number of carbonyl (C=O) groups is 1. The van der Waals surface area contributed by atoms with E-state index in [1.54, 1.807) is 12.4 Å². The van der Waals surface area contributed by atoms with Crippen molar-refractivity contribution in [3.05, 3.63) is 84.4 Å². The normalized spacial score (nSPS) is 17.5. The summed E-state index contributed by atoms with van der Waals surface area (Å²) in [6.07, 6.45) is 9.13. The van der Waals surface area contributed by atoms with Gasteiger partial charge < -0.3 is 4.90 Å². The number of nitrogens with zero attached hydrogens (tertiary/aromatic N) is 4. The van der Waals surface area contributed by atoms with E-state index in [0.717, 1.165) is 56.7 Å². The van der Waals surface area contributed by atoms with Crippen molar-refractivity contribution in [2.75, 3.05) is 26.2 Å². The summed E-state index contributed by atoms with van der Waals surface area (Å²) in [4.78, 5) is 26.2. The summed E-state index contributed by atoms with van der Waals surface area (Å²) in [6, 6.07) is 16.7. The molecule has 2 aromatic heterocycles. The van der Waals surface area contributed by atoms with Crippen LogP contribution in [0, 0.1) is 5.92 Å². The fraction of sp³-hybridized carbons (Fsp3) is 0.346. The van der Waals surface area contributed by atoms with Gasteiger partial charge in [-0.25, -0.2) is 0 Å². The zero-order valence-electron chi connectivity index (χ0n) is 18.2. The lowest BCUT2D eigenvalue weighted by atomic mass is 9.95. The van der Waals surface area contributed by atoms with Crippen LogP contribution in [0.1, 0.15) is 24.5 Å². The van der Waals surface area contributed by atoms with Gasteiger partial charge in [0.15, 0.2) is 0 Å². The SMILES string of the molecule is CCCN1CCN(Cc2cccnc2)CC(Cc2ccc(-c3cccnc3)cc2)C1=O. The van der Waals surface area contributed by atoms with Crippen molar-refractivity contribution in [2.24, 2.45) is 5.92 Å². The smallest absolute Gasteiger partial charge is 0.227 e. The van der Waals surface area contributed by atoms with Crippen molar-refractivity contribution in [1.29, 1.82) is 0 Å². The van der Waals surface area contributed by atoms with Gasteiger partial charge in [0.25, 0.3) is 0 Å². The molecule has 0 saturated carbocycles. The van der Waals surface area contributed by atoms with Gasteiger partial charge in [-0.15, -0.1) is 0 Å². The quantitative estimate of drug-likeness (QED) is 0.585. The Labute approximate surface area is 184 Å². The van der Waals surface area contributed by atoms with Crippen LogP contribution in [-0.4, -0.2) is 51.9 Å². The molecule has 5 nitrogen and oxygen atoms in total. The van der Waals surface area contributed by atoms with Crippen LogP contribution in [0.2, 0.25) is 0 Å². The van der Waals surface area contributed by atoms with E-state index in [-0.39, 0.29) is 11.8 Å². The van der Waals surface area contributed by atoms with Crippen LogP contribution < -0.4 is 0 Å². The van der Waals surface area contributed by atoms with Gasteiger partial charge >= 0.3 is 0 Å². The van der Waals surface area contributed by atoms with Gasteiger partial charge in [0.1, 0.15) is 0 Å². The summed E-state index contributed by atoms with van der Waals surface area (Å²) >= 11 is 0. The Bertz CT molecular complexity index is 960. The third-order valence-electron chi connectivity index (χ3n) is 5.88. The minimum atomic E-state index is -0.0324. The van der Waals surface area contributed by atoms with Gasteiger partial charge in [0, 0.05) is 57.5 Å². The first-order valence-corrected chi connectivity index (χ1v) is 11.1. The number of hydrogen-bond donors (Lipinski definition) is 0. The number of carbonyl (C=O) groups excluding carboxylic acids is 1. The van der Waals surface area contributed by atoms with Crippen LogP contribution in [0.4, 0.5) is 0 Å². The molecule has 3 aromatic rings. The van der Waals surface area contributed by atoms with Crippen molar-refractivity contribution >= 4 is 5.91 Å². The second-order valence-corrected chi connectivity index (χ2v) is 8.26. The molecule has 0 radical (unpaired) electrons.